The van der Waals surface area contributed by atoms with E-state index in [9.17, 15) is 14.0 Å². The van der Waals surface area contributed by atoms with E-state index in [1.165, 1.54) is 7.11 Å². The zero-order chi connectivity index (χ0) is 23.9. The SMILES string of the molecule is CCC(C)C(=O)NCC(F)COCCOCCOCCOCCOCCNC(=O)COC. The number of ether oxygens (including phenoxy) is 6. The maximum Gasteiger partial charge on any atom is 0.246 e. The van der Waals surface area contributed by atoms with Gasteiger partial charge in [0.2, 0.25) is 11.8 Å². The molecule has 0 radical (unpaired) electrons. The Morgan fingerprint density at radius 3 is 1.81 bits per heavy atom. The number of hydrogen-bond donors (Lipinski definition) is 2. The van der Waals surface area contributed by atoms with Gasteiger partial charge in [-0.3, -0.25) is 9.59 Å². The van der Waals surface area contributed by atoms with Crippen LogP contribution in [0.5, 0.6) is 0 Å². The Hall–Kier alpha value is -1.37. The Bertz CT molecular complexity index is 460. The lowest BCUT2D eigenvalue weighted by atomic mass is 10.1. The molecule has 0 saturated carbocycles. The zero-order valence-electron chi connectivity index (χ0n) is 19.7. The van der Waals surface area contributed by atoms with Crippen molar-refractivity contribution in [3.05, 3.63) is 0 Å². The van der Waals surface area contributed by atoms with Crippen LogP contribution in [0.4, 0.5) is 4.39 Å². The molecule has 0 aliphatic carbocycles. The lowest BCUT2D eigenvalue weighted by Gasteiger charge is -2.13. The number of carbonyl (C=O) groups excluding carboxylic acids is 2. The Balaban J connectivity index is 3.23. The van der Waals surface area contributed by atoms with Crippen molar-refractivity contribution in [3.8, 4) is 0 Å². The summed E-state index contributed by atoms with van der Waals surface area (Å²) in [6.45, 7) is 7.71. The van der Waals surface area contributed by atoms with Crippen LogP contribution in [-0.4, -0.2) is 111 Å². The van der Waals surface area contributed by atoms with Gasteiger partial charge in [-0.1, -0.05) is 13.8 Å². The summed E-state index contributed by atoms with van der Waals surface area (Å²) < 4.78 is 44.9. The molecule has 0 aliphatic heterocycles. The molecule has 2 unspecified atom stereocenters. The third kappa shape index (κ3) is 20.5. The summed E-state index contributed by atoms with van der Waals surface area (Å²) in [6.07, 6.45) is -0.514. The monoisotopic (exact) mass is 468 g/mol. The number of nitrogens with one attached hydrogen (secondary N) is 2. The van der Waals surface area contributed by atoms with Crippen LogP contribution in [0.15, 0.2) is 0 Å². The number of halogens is 1. The van der Waals surface area contributed by atoms with Crippen LogP contribution in [0.1, 0.15) is 20.3 Å². The highest BCUT2D eigenvalue weighted by Crippen LogP contribution is 2.00. The topological polar surface area (TPSA) is 114 Å². The molecule has 190 valence electrons. The number of methoxy groups -OCH3 is 1. The highest BCUT2D eigenvalue weighted by atomic mass is 19.1. The highest BCUT2D eigenvalue weighted by molar-refractivity contribution is 5.78. The molecule has 10 nitrogen and oxygen atoms in total. The molecule has 2 N–H and O–H groups in total. The summed E-state index contributed by atoms with van der Waals surface area (Å²) >= 11 is 0. The van der Waals surface area contributed by atoms with Gasteiger partial charge in [-0.15, -0.1) is 0 Å². The number of rotatable bonds is 23. The van der Waals surface area contributed by atoms with E-state index in [-0.39, 0.29) is 44.1 Å². The van der Waals surface area contributed by atoms with E-state index in [0.29, 0.717) is 59.4 Å². The van der Waals surface area contributed by atoms with Crippen LogP contribution in [0, 0.1) is 5.92 Å². The highest BCUT2D eigenvalue weighted by Gasteiger charge is 2.13. The Labute approximate surface area is 190 Å². The number of amides is 2. The van der Waals surface area contributed by atoms with Crippen LogP contribution in [-0.2, 0) is 38.0 Å². The fraction of sp³-hybridized carbons (Fsp3) is 0.905. The van der Waals surface area contributed by atoms with Gasteiger partial charge in [0.1, 0.15) is 12.8 Å². The van der Waals surface area contributed by atoms with Gasteiger partial charge in [0.05, 0.1) is 72.6 Å². The zero-order valence-corrected chi connectivity index (χ0v) is 19.7. The molecule has 0 aromatic rings. The van der Waals surface area contributed by atoms with Gasteiger partial charge < -0.3 is 39.1 Å². The summed E-state index contributed by atoms with van der Waals surface area (Å²) in [5, 5.41) is 5.22. The summed E-state index contributed by atoms with van der Waals surface area (Å²) in [5.74, 6) is -0.427. The van der Waals surface area contributed by atoms with Crippen molar-refractivity contribution in [3.63, 3.8) is 0 Å². The van der Waals surface area contributed by atoms with Gasteiger partial charge in [0, 0.05) is 19.6 Å². The fourth-order valence-corrected chi connectivity index (χ4v) is 2.17. The van der Waals surface area contributed by atoms with Gasteiger partial charge in [-0.2, -0.15) is 0 Å². The Morgan fingerprint density at radius 2 is 1.31 bits per heavy atom. The summed E-state index contributed by atoms with van der Waals surface area (Å²) in [6, 6.07) is 0. The van der Waals surface area contributed by atoms with Crippen LogP contribution < -0.4 is 10.6 Å². The maximum absolute atomic E-state index is 13.6. The van der Waals surface area contributed by atoms with E-state index in [4.69, 9.17) is 28.4 Å². The van der Waals surface area contributed by atoms with E-state index in [1.54, 1.807) is 6.92 Å². The Kier molecular flexibility index (Phi) is 21.8. The standard InChI is InChI=1S/C21H41FN2O8/c1-4-18(2)21(26)24-15-19(22)16-32-14-13-31-12-11-30-10-9-29-8-7-28-6-5-23-20(25)17-27-3/h18-19H,4-17H2,1-3H3,(H,23,25)(H,24,26). The van der Waals surface area contributed by atoms with Crippen molar-refractivity contribution >= 4 is 11.8 Å². The van der Waals surface area contributed by atoms with E-state index >= 15 is 0 Å². The minimum atomic E-state index is -1.24. The van der Waals surface area contributed by atoms with Crippen LogP contribution in [0.25, 0.3) is 0 Å². The first-order valence-electron chi connectivity index (χ1n) is 11.1. The predicted octanol–water partition coefficient (Wildman–Crippen LogP) is 0.332. The van der Waals surface area contributed by atoms with E-state index in [1.807, 2.05) is 6.92 Å². The van der Waals surface area contributed by atoms with Crippen LogP contribution in [0.2, 0.25) is 0 Å². The molecule has 11 heteroatoms. The molecule has 0 saturated heterocycles. The van der Waals surface area contributed by atoms with E-state index in [2.05, 4.69) is 10.6 Å². The summed E-state index contributed by atoms with van der Waals surface area (Å²) in [4.78, 5) is 22.7. The number of carbonyl (C=O) groups is 2. The van der Waals surface area contributed by atoms with Crippen LogP contribution in [0.3, 0.4) is 0 Å². The molecule has 0 bridgehead atoms. The van der Waals surface area contributed by atoms with Gasteiger partial charge in [-0.05, 0) is 6.42 Å². The van der Waals surface area contributed by atoms with E-state index < -0.39 is 6.17 Å². The first-order chi connectivity index (χ1) is 15.5. The smallest absolute Gasteiger partial charge is 0.246 e. The second-order valence-electron chi connectivity index (χ2n) is 6.96. The molecular formula is C21H41FN2O8. The number of hydrogen-bond acceptors (Lipinski definition) is 8. The molecule has 2 amide bonds. The molecule has 0 spiro atoms. The number of alkyl halides is 1. The summed E-state index contributed by atoms with van der Waals surface area (Å²) in [5.41, 5.74) is 0. The molecule has 0 heterocycles. The lowest BCUT2D eigenvalue weighted by Crippen LogP contribution is -2.35. The maximum atomic E-state index is 13.6. The molecule has 0 fully saturated rings. The second-order valence-corrected chi connectivity index (χ2v) is 6.96. The average Bonchev–Trinajstić information content (AvgIpc) is 2.79. The van der Waals surface area contributed by atoms with Gasteiger partial charge in [0.15, 0.2) is 0 Å². The van der Waals surface area contributed by atoms with E-state index in [0.717, 1.165) is 6.42 Å². The van der Waals surface area contributed by atoms with Gasteiger partial charge >= 0.3 is 0 Å². The van der Waals surface area contributed by atoms with Crippen molar-refractivity contribution in [2.75, 3.05) is 92.9 Å². The molecule has 0 rings (SSSR count). The first-order valence-corrected chi connectivity index (χ1v) is 11.1. The van der Waals surface area contributed by atoms with Gasteiger partial charge in [0.25, 0.3) is 0 Å². The Morgan fingerprint density at radius 1 is 0.812 bits per heavy atom. The van der Waals surface area contributed by atoms with Crippen molar-refractivity contribution < 1.29 is 42.4 Å². The minimum Gasteiger partial charge on any atom is -0.377 e. The molecule has 0 aliphatic rings. The molecule has 0 aromatic carbocycles. The van der Waals surface area contributed by atoms with Crippen molar-refractivity contribution in [2.45, 2.75) is 26.4 Å². The molecule has 32 heavy (non-hydrogen) atoms. The van der Waals surface area contributed by atoms with Gasteiger partial charge in [-0.25, -0.2) is 4.39 Å². The van der Waals surface area contributed by atoms with Crippen molar-refractivity contribution in [1.29, 1.82) is 0 Å². The molecule has 2 atom stereocenters. The normalized spacial score (nSPS) is 13.0. The quantitative estimate of drug-likeness (QED) is 0.206. The average molecular weight is 469 g/mol. The fourth-order valence-electron chi connectivity index (χ4n) is 2.17. The van der Waals surface area contributed by atoms with Crippen LogP contribution >= 0.6 is 0 Å². The largest absolute Gasteiger partial charge is 0.377 e. The minimum absolute atomic E-state index is 0.0425. The first kappa shape index (κ1) is 30.6. The molecule has 0 aromatic heterocycles. The molecular weight excluding hydrogens is 427 g/mol. The third-order valence-corrected chi connectivity index (χ3v) is 4.19. The van der Waals surface area contributed by atoms with Crippen molar-refractivity contribution in [2.24, 2.45) is 5.92 Å². The third-order valence-electron chi connectivity index (χ3n) is 4.19. The summed E-state index contributed by atoms with van der Waals surface area (Å²) in [7, 11) is 1.46. The lowest BCUT2D eigenvalue weighted by molar-refractivity contribution is -0.125. The predicted molar refractivity (Wildman–Crippen MR) is 116 cm³/mol. The van der Waals surface area contributed by atoms with Crippen molar-refractivity contribution in [1.82, 2.24) is 10.6 Å². The second kappa shape index (κ2) is 22.8.